The summed E-state index contributed by atoms with van der Waals surface area (Å²) < 4.78 is 14.9. The van der Waals surface area contributed by atoms with Crippen molar-refractivity contribution in [3.05, 3.63) is 124 Å². The molecule has 1 unspecified atom stereocenters. The Morgan fingerprint density at radius 2 is 1.51 bits per heavy atom. The molecule has 0 saturated carbocycles. The van der Waals surface area contributed by atoms with Gasteiger partial charge in [0, 0.05) is 15.1 Å². The lowest BCUT2D eigenvalue weighted by Gasteiger charge is -2.18. The van der Waals surface area contributed by atoms with Crippen LogP contribution < -0.4 is 10.6 Å². The van der Waals surface area contributed by atoms with E-state index >= 15 is 0 Å². The van der Waals surface area contributed by atoms with Gasteiger partial charge in [-0.25, -0.2) is 9.18 Å². The average molecular weight is 579 g/mol. The van der Waals surface area contributed by atoms with Crippen molar-refractivity contribution in [2.45, 2.75) is 10.1 Å². The minimum absolute atomic E-state index is 0.0334. The van der Waals surface area contributed by atoms with Crippen molar-refractivity contribution >= 4 is 56.9 Å². The van der Waals surface area contributed by atoms with E-state index in [4.69, 9.17) is 0 Å². The van der Waals surface area contributed by atoms with Gasteiger partial charge in [-0.2, -0.15) is 0 Å². The maximum Gasteiger partial charge on any atom is 0.336 e. The van der Waals surface area contributed by atoms with Crippen LogP contribution in [-0.4, -0.2) is 22.9 Å². The van der Waals surface area contributed by atoms with Crippen molar-refractivity contribution in [3.8, 4) is 0 Å². The SMILES string of the molecule is O=C(O)c1ccccc1C(=O)Nc1cccc(SC(C(=O)Nc2ccc(Br)cc2F)c2ccccc2)c1. The number of carbonyl (C=O) groups is 3. The van der Waals surface area contributed by atoms with Gasteiger partial charge in [0.25, 0.3) is 5.91 Å². The largest absolute Gasteiger partial charge is 0.478 e. The molecule has 6 nitrogen and oxygen atoms in total. The second kappa shape index (κ2) is 11.9. The molecule has 4 aromatic rings. The first-order valence-electron chi connectivity index (χ1n) is 11.0. The lowest BCUT2D eigenvalue weighted by Crippen LogP contribution is -2.19. The molecule has 0 aliphatic carbocycles. The van der Waals surface area contributed by atoms with Gasteiger partial charge < -0.3 is 15.7 Å². The first kappa shape index (κ1) is 26.1. The Morgan fingerprint density at radius 3 is 2.22 bits per heavy atom. The van der Waals surface area contributed by atoms with Crippen LogP contribution in [0, 0.1) is 5.82 Å². The van der Waals surface area contributed by atoms with Crippen molar-refractivity contribution < 1.29 is 23.9 Å². The van der Waals surface area contributed by atoms with Crippen molar-refractivity contribution in [1.29, 1.82) is 0 Å². The third kappa shape index (κ3) is 6.63. The summed E-state index contributed by atoms with van der Waals surface area (Å²) in [6.07, 6.45) is 0. The average Bonchev–Trinajstić information content (AvgIpc) is 2.89. The summed E-state index contributed by atoms with van der Waals surface area (Å²) in [7, 11) is 0. The van der Waals surface area contributed by atoms with Gasteiger partial charge in [-0.15, -0.1) is 11.8 Å². The van der Waals surface area contributed by atoms with Crippen LogP contribution in [0.5, 0.6) is 0 Å². The zero-order valence-corrected chi connectivity index (χ0v) is 21.6. The zero-order valence-electron chi connectivity index (χ0n) is 19.2. The number of hydrogen-bond donors (Lipinski definition) is 3. The predicted octanol–water partition coefficient (Wildman–Crippen LogP) is 7.01. The second-order valence-electron chi connectivity index (χ2n) is 7.85. The van der Waals surface area contributed by atoms with Crippen LogP contribution in [-0.2, 0) is 4.79 Å². The minimum atomic E-state index is -1.20. The molecule has 0 spiro atoms. The maximum atomic E-state index is 14.4. The first-order chi connectivity index (χ1) is 17.8. The van der Waals surface area contributed by atoms with Gasteiger partial charge in [-0.3, -0.25) is 9.59 Å². The molecule has 0 fully saturated rings. The van der Waals surface area contributed by atoms with E-state index in [0.717, 1.165) is 0 Å². The van der Waals surface area contributed by atoms with E-state index in [1.807, 2.05) is 30.3 Å². The molecule has 0 aliphatic heterocycles. The van der Waals surface area contributed by atoms with E-state index in [-0.39, 0.29) is 16.8 Å². The molecular formula is C28H20BrFN2O4S. The number of halogens is 2. The fourth-order valence-electron chi connectivity index (χ4n) is 3.54. The number of carbonyl (C=O) groups excluding carboxylic acids is 2. The van der Waals surface area contributed by atoms with Gasteiger partial charge in [0.2, 0.25) is 5.91 Å². The summed E-state index contributed by atoms with van der Waals surface area (Å²) in [5.41, 5.74) is 1.14. The lowest BCUT2D eigenvalue weighted by atomic mass is 10.1. The Balaban J connectivity index is 1.57. The Hall–Kier alpha value is -3.95. The van der Waals surface area contributed by atoms with E-state index in [1.54, 1.807) is 42.5 Å². The topological polar surface area (TPSA) is 95.5 Å². The van der Waals surface area contributed by atoms with Gasteiger partial charge in [0.05, 0.1) is 16.8 Å². The van der Waals surface area contributed by atoms with E-state index in [2.05, 4.69) is 26.6 Å². The van der Waals surface area contributed by atoms with Crippen LogP contribution in [0.15, 0.2) is 106 Å². The van der Waals surface area contributed by atoms with Crippen LogP contribution in [0.25, 0.3) is 0 Å². The number of nitrogens with one attached hydrogen (secondary N) is 2. The number of thioether (sulfide) groups is 1. The van der Waals surface area contributed by atoms with Crippen LogP contribution in [0.1, 0.15) is 31.5 Å². The molecule has 4 rings (SSSR count). The van der Waals surface area contributed by atoms with Gasteiger partial charge in [0.15, 0.2) is 0 Å². The fraction of sp³-hybridized carbons (Fsp3) is 0.0357. The summed E-state index contributed by atoms with van der Waals surface area (Å²) >= 11 is 4.44. The minimum Gasteiger partial charge on any atom is -0.478 e. The van der Waals surface area contributed by atoms with Crippen LogP contribution >= 0.6 is 27.7 Å². The first-order valence-corrected chi connectivity index (χ1v) is 12.7. The van der Waals surface area contributed by atoms with Crippen LogP contribution in [0.3, 0.4) is 0 Å². The van der Waals surface area contributed by atoms with Gasteiger partial charge in [-0.05, 0) is 54.1 Å². The van der Waals surface area contributed by atoms with Crippen LogP contribution in [0.2, 0.25) is 0 Å². The number of benzene rings is 4. The molecule has 0 aromatic heterocycles. The Kier molecular flexibility index (Phi) is 8.37. The standard InChI is InChI=1S/C28H20BrFN2O4S/c29-18-13-14-24(23(30)15-18)32-27(34)25(17-7-2-1-3-8-17)37-20-10-6-9-19(16-20)31-26(33)21-11-4-5-12-22(21)28(35)36/h1-16,25H,(H,31,33)(H,32,34)(H,35,36). The third-order valence-corrected chi connectivity index (χ3v) is 7.02. The monoisotopic (exact) mass is 578 g/mol. The molecule has 0 saturated heterocycles. The van der Waals surface area contributed by atoms with Crippen molar-refractivity contribution in [2.24, 2.45) is 0 Å². The molecular weight excluding hydrogens is 559 g/mol. The number of aromatic carboxylic acids is 1. The van der Waals surface area contributed by atoms with Crippen LogP contribution in [0.4, 0.5) is 15.8 Å². The number of hydrogen-bond acceptors (Lipinski definition) is 4. The Morgan fingerprint density at radius 1 is 0.811 bits per heavy atom. The number of anilines is 2. The van der Waals surface area contributed by atoms with E-state index in [0.29, 0.717) is 20.6 Å². The lowest BCUT2D eigenvalue weighted by molar-refractivity contribution is -0.115. The maximum absolute atomic E-state index is 14.4. The number of carboxylic acid groups (broad SMARTS) is 1. The summed E-state index contributed by atoms with van der Waals surface area (Å²) in [5.74, 6) is -2.75. The second-order valence-corrected chi connectivity index (χ2v) is 9.95. The highest BCUT2D eigenvalue weighted by Crippen LogP contribution is 2.37. The zero-order chi connectivity index (χ0) is 26.4. The summed E-state index contributed by atoms with van der Waals surface area (Å²) in [5, 5.41) is 14.0. The van der Waals surface area contributed by atoms with Gasteiger partial charge >= 0.3 is 5.97 Å². The molecule has 0 aliphatic rings. The molecule has 2 amide bonds. The Bertz CT molecular complexity index is 1470. The normalized spacial score (nSPS) is 11.4. The smallest absolute Gasteiger partial charge is 0.336 e. The van der Waals surface area contributed by atoms with Crippen molar-refractivity contribution in [1.82, 2.24) is 0 Å². The fourth-order valence-corrected chi connectivity index (χ4v) is 4.96. The molecule has 0 heterocycles. The van der Waals surface area contributed by atoms with E-state index < -0.39 is 28.9 Å². The highest BCUT2D eigenvalue weighted by molar-refractivity contribution is 9.10. The highest BCUT2D eigenvalue weighted by Gasteiger charge is 2.23. The van der Waals surface area contributed by atoms with Gasteiger partial charge in [-0.1, -0.05) is 64.5 Å². The summed E-state index contributed by atoms with van der Waals surface area (Å²) in [6.45, 7) is 0. The Labute approximate surface area is 225 Å². The molecule has 186 valence electrons. The van der Waals surface area contributed by atoms with Gasteiger partial charge in [0.1, 0.15) is 11.1 Å². The molecule has 3 N–H and O–H groups in total. The molecule has 9 heteroatoms. The summed E-state index contributed by atoms with van der Waals surface area (Å²) in [4.78, 5) is 38.2. The molecule has 1 atom stereocenters. The number of rotatable bonds is 8. The van der Waals surface area contributed by atoms with E-state index in [9.17, 15) is 23.9 Å². The third-order valence-electron chi connectivity index (χ3n) is 5.28. The summed E-state index contributed by atoms with van der Waals surface area (Å²) in [6, 6.07) is 26.3. The number of amides is 2. The quantitative estimate of drug-likeness (QED) is 0.195. The van der Waals surface area contributed by atoms with E-state index in [1.165, 1.54) is 36.0 Å². The van der Waals surface area contributed by atoms with Crippen molar-refractivity contribution in [2.75, 3.05) is 10.6 Å². The molecule has 0 radical (unpaired) electrons. The molecule has 4 aromatic carbocycles. The molecule has 37 heavy (non-hydrogen) atoms. The van der Waals surface area contributed by atoms with Crippen molar-refractivity contribution in [3.63, 3.8) is 0 Å². The highest BCUT2D eigenvalue weighted by atomic mass is 79.9. The predicted molar refractivity (Wildman–Crippen MR) is 146 cm³/mol. The molecule has 0 bridgehead atoms. The number of carboxylic acids is 1.